The summed E-state index contributed by atoms with van der Waals surface area (Å²) in [5.74, 6) is 0.766. The molecule has 0 fully saturated rings. The number of benzene rings is 1. The van der Waals surface area contributed by atoms with E-state index in [1.54, 1.807) is 49.3 Å². The summed E-state index contributed by atoms with van der Waals surface area (Å²) in [7, 11) is 0. The molecule has 0 saturated heterocycles. The molecule has 0 N–H and O–H groups in total. The van der Waals surface area contributed by atoms with Crippen LogP contribution < -0.4 is 4.74 Å². The molecule has 4 nitrogen and oxygen atoms in total. The molecular weight excluding hydrogens is 286 g/mol. The van der Waals surface area contributed by atoms with Gasteiger partial charge in [0, 0.05) is 30.4 Å². The highest BCUT2D eigenvalue weighted by Crippen LogP contribution is 2.19. The summed E-state index contributed by atoms with van der Waals surface area (Å²) in [5.41, 5.74) is 0.963. The molecule has 0 spiro atoms. The zero-order valence-electron chi connectivity index (χ0n) is 12.6. The minimum atomic E-state index is 0.766. The standard InChI is InChI=1S/C19H17N3O/c1-4-12-20-13-6-7-16-23-19-11-3-2-9-18(19)10-8-15-22-17-21-14-5-1/h1-17H/b4-1-,10-8-,13-6-,14-5-,16-7-,20-12-,21-17?,22-15?. The first-order valence-corrected chi connectivity index (χ1v) is 7.11. The third kappa shape index (κ3) is 6.82. The van der Waals surface area contributed by atoms with Gasteiger partial charge in [0.2, 0.25) is 0 Å². The van der Waals surface area contributed by atoms with Crippen molar-refractivity contribution in [1.29, 1.82) is 0 Å². The first-order valence-electron chi connectivity index (χ1n) is 7.11. The Hall–Kier alpha value is -3.27. The van der Waals surface area contributed by atoms with Crippen molar-refractivity contribution < 1.29 is 4.74 Å². The predicted octanol–water partition coefficient (Wildman–Crippen LogP) is 4.36. The van der Waals surface area contributed by atoms with Crippen LogP contribution in [0.25, 0.3) is 6.08 Å². The monoisotopic (exact) mass is 303 g/mol. The van der Waals surface area contributed by atoms with Crippen LogP contribution in [0.5, 0.6) is 5.75 Å². The molecule has 0 aliphatic carbocycles. The Bertz CT molecular complexity index is 720. The van der Waals surface area contributed by atoms with Crippen LogP contribution in [0.2, 0.25) is 0 Å². The SMILES string of the molecule is C1=NC=N\C=C/C=C\C=N/C=C\C=C/Oc2ccccc2/C=C\1. The van der Waals surface area contributed by atoms with Gasteiger partial charge in [-0.15, -0.1) is 0 Å². The van der Waals surface area contributed by atoms with Gasteiger partial charge in [0.05, 0.1) is 6.26 Å². The zero-order chi connectivity index (χ0) is 16.0. The van der Waals surface area contributed by atoms with Gasteiger partial charge in [-0.25, -0.2) is 9.98 Å². The highest BCUT2D eigenvalue weighted by molar-refractivity contribution is 5.84. The summed E-state index contributed by atoms with van der Waals surface area (Å²) >= 11 is 0. The van der Waals surface area contributed by atoms with Gasteiger partial charge in [0.1, 0.15) is 12.1 Å². The summed E-state index contributed by atoms with van der Waals surface area (Å²) in [5, 5.41) is 0. The van der Waals surface area contributed by atoms with E-state index in [1.165, 1.54) is 6.34 Å². The van der Waals surface area contributed by atoms with Gasteiger partial charge in [-0.2, -0.15) is 0 Å². The Morgan fingerprint density at radius 3 is 2.52 bits per heavy atom. The fourth-order valence-corrected chi connectivity index (χ4v) is 1.61. The third-order valence-electron chi connectivity index (χ3n) is 2.62. The van der Waals surface area contributed by atoms with E-state index >= 15 is 0 Å². The van der Waals surface area contributed by atoms with E-state index in [0.29, 0.717) is 0 Å². The van der Waals surface area contributed by atoms with Crippen LogP contribution in [0.1, 0.15) is 5.56 Å². The van der Waals surface area contributed by atoms with Gasteiger partial charge >= 0.3 is 0 Å². The molecule has 0 atom stereocenters. The molecule has 1 aromatic carbocycles. The van der Waals surface area contributed by atoms with Crippen molar-refractivity contribution in [2.45, 2.75) is 0 Å². The number of fused-ring (bicyclic) bond motifs is 1. The lowest BCUT2D eigenvalue weighted by molar-refractivity contribution is 0.480. The minimum absolute atomic E-state index is 0.766. The Morgan fingerprint density at radius 1 is 0.696 bits per heavy atom. The summed E-state index contributed by atoms with van der Waals surface area (Å²) in [4.78, 5) is 12.2. The summed E-state index contributed by atoms with van der Waals surface area (Å²) < 4.78 is 5.62. The van der Waals surface area contributed by atoms with Crippen molar-refractivity contribution in [2.24, 2.45) is 15.0 Å². The van der Waals surface area contributed by atoms with Crippen molar-refractivity contribution in [3.63, 3.8) is 0 Å². The molecule has 0 saturated carbocycles. The Morgan fingerprint density at radius 2 is 1.52 bits per heavy atom. The molecule has 2 rings (SSSR count). The lowest BCUT2D eigenvalue weighted by Gasteiger charge is -2.03. The van der Waals surface area contributed by atoms with E-state index in [9.17, 15) is 0 Å². The second-order valence-corrected chi connectivity index (χ2v) is 4.27. The van der Waals surface area contributed by atoms with Crippen molar-refractivity contribution in [3.05, 3.63) is 84.9 Å². The van der Waals surface area contributed by atoms with Crippen molar-refractivity contribution in [3.8, 4) is 5.75 Å². The summed E-state index contributed by atoms with van der Waals surface area (Å²) in [6.45, 7) is 0. The number of hydrogen-bond acceptors (Lipinski definition) is 4. The van der Waals surface area contributed by atoms with E-state index in [2.05, 4.69) is 15.0 Å². The molecule has 114 valence electrons. The van der Waals surface area contributed by atoms with Crippen LogP contribution in [0, 0.1) is 0 Å². The van der Waals surface area contributed by atoms with Gasteiger partial charge in [0.25, 0.3) is 0 Å². The van der Waals surface area contributed by atoms with Crippen molar-refractivity contribution >= 4 is 24.8 Å². The lowest BCUT2D eigenvalue weighted by atomic mass is 10.2. The maximum Gasteiger partial charge on any atom is 0.133 e. The van der Waals surface area contributed by atoms with Crippen LogP contribution >= 0.6 is 0 Å². The van der Waals surface area contributed by atoms with E-state index in [4.69, 9.17) is 4.74 Å². The normalized spacial score (nSPS) is 23.1. The van der Waals surface area contributed by atoms with Crippen molar-refractivity contribution in [2.75, 3.05) is 0 Å². The molecule has 1 aliphatic heterocycles. The topological polar surface area (TPSA) is 46.3 Å². The molecule has 0 bridgehead atoms. The number of nitrogens with zero attached hydrogens (tertiary/aromatic N) is 3. The molecule has 0 aromatic heterocycles. The lowest BCUT2D eigenvalue weighted by Crippen LogP contribution is -1.85. The third-order valence-corrected chi connectivity index (χ3v) is 2.62. The average molecular weight is 303 g/mol. The van der Waals surface area contributed by atoms with Crippen LogP contribution in [0.15, 0.2) is 94.4 Å². The fourth-order valence-electron chi connectivity index (χ4n) is 1.61. The Kier molecular flexibility index (Phi) is 7.32. The molecular formula is C19H17N3O. The van der Waals surface area contributed by atoms with Crippen LogP contribution in [0.3, 0.4) is 0 Å². The number of aliphatic imine (C=N–C) groups is 3. The smallest absolute Gasteiger partial charge is 0.133 e. The second-order valence-electron chi connectivity index (χ2n) is 4.27. The molecule has 1 heterocycles. The predicted molar refractivity (Wildman–Crippen MR) is 98.1 cm³/mol. The Labute approximate surface area is 136 Å². The maximum atomic E-state index is 5.62. The molecule has 0 radical (unpaired) electrons. The summed E-state index contributed by atoms with van der Waals surface area (Å²) in [6.07, 6.45) is 22.6. The van der Waals surface area contributed by atoms with Gasteiger partial charge in [-0.3, -0.25) is 4.99 Å². The zero-order valence-corrected chi connectivity index (χ0v) is 12.6. The Balaban J connectivity index is 2.18. The first-order chi connectivity index (χ1) is 11.5. The number of para-hydroxylation sites is 1. The number of ether oxygens (including phenoxy) is 1. The molecule has 1 aliphatic rings. The highest BCUT2D eigenvalue weighted by Gasteiger charge is 1.96. The average Bonchev–Trinajstić information content (AvgIpc) is 2.58. The van der Waals surface area contributed by atoms with Crippen LogP contribution in [-0.4, -0.2) is 18.8 Å². The summed E-state index contributed by atoms with van der Waals surface area (Å²) in [6, 6.07) is 7.76. The van der Waals surface area contributed by atoms with E-state index in [1.807, 2.05) is 48.6 Å². The minimum Gasteiger partial charge on any atom is -0.464 e. The molecule has 0 unspecified atom stereocenters. The quantitative estimate of drug-likeness (QED) is 0.702. The number of allylic oxidation sites excluding steroid dienone is 6. The van der Waals surface area contributed by atoms with Crippen molar-refractivity contribution in [1.82, 2.24) is 0 Å². The maximum absolute atomic E-state index is 5.62. The van der Waals surface area contributed by atoms with Gasteiger partial charge in [-0.1, -0.05) is 24.3 Å². The fraction of sp³-hybridized carbons (Fsp3) is 0. The molecule has 23 heavy (non-hydrogen) atoms. The second kappa shape index (κ2) is 10.5. The first kappa shape index (κ1) is 16.1. The van der Waals surface area contributed by atoms with Gasteiger partial charge in [-0.05, 0) is 42.5 Å². The number of rotatable bonds is 0. The molecule has 1 aromatic rings. The van der Waals surface area contributed by atoms with Gasteiger partial charge in [0.15, 0.2) is 0 Å². The van der Waals surface area contributed by atoms with Crippen LogP contribution in [-0.2, 0) is 0 Å². The highest BCUT2D eigenvalue weighted by atomic mass is 16.5. The van der Waals surface area contributed by atoms with Gasteiger partial charge < -0.3 is 4.74 Å². The van der Waals surface area contributed by atoms with E-state index < -0.39 is 0 Å². The van der Waals surface area contributed by atoms with E-state index in [0.717, 1.165) is 11.3 Å². The molecule has 4 heteroatoms. The largest absolute Gasteiger partial charge is 0.464 e. The van der Waals surface area contributed by atoms with Crippen LogP contribution in [0.4, 0.5) is 0 Å². The molecule has 0 amide bonds. The van der Waals surface area contributed by atoms with E-state index in [-0.39, 0.29) is 0 Å². The number of hydrogen-bond donors (Lipinski definition) is 0.